The minimum Gasteiger partial charge on any atom is -0.465 e. The second-order valence-electron chi connectivity index (χ2n) is 6.45. The summed E-state index contributed by atoms with van der Waals surface area (Å²) < 4.78 is 12.6. The molecule has 0 N–H and O–H groups in total. The minimum absolute atomic E-state index is 0.415. The summed E-state index contributed by atoms with van der Waals surface area (Å²) >= 11 is 0. The number of methoxy groups -OCH3 is 1. The predicted octanol–water partition coefficient (Wildman–Crippen LogP) is 4.81. The Labute approximate surface area is 163 Å². The lowest BCUT2D eigenvalue weighted by Crippen LogP contribution is -2.08. The highest BCUT2D eigenvalue weighted by molar-refractivity contribution is 6.16. The van der Waals surface area contributed by atoms with Crippen LogP contribution in [0.4, 0.5) is 0 Å². The number of carbonyl (C=O) groups is 2. The molecule has 0 fully saturated rings. The number of benzene rings is 2. The monoisotopic (exact) mass is 377 g/mol. The highest BCUT2D eigenvalue weighted by Crippen LogP contribution is 2.39. The summed E-state index contributed by atoms with van der Waals surface area (Å²) in [6, 6.07) is 9.43. The van der Waals surface area contributed by atoms with Crippen molar-refractivity contribution in [3.63, 3.8) is 0 Å². The van der Waals surface area contributed by atoms with Crippen molar-refractivity contribution in [2.24, 2.45) is 0 Å². The molecule has 0 bridgehead atoms. The second-order valence-corrected chi connectivity index (χ2v) is 6.45. The molecule has 3 aromatic rings. The van der Waals surface area contributed by atoms with Gasteiger partial charge in [-0.2, -0.15) is 0 Å². The Morgan fingerprint density at radius 3 is 2.43 bits per heavy atom. The number of ether oxygens (including phenoxy) is 2. The Kier molecular flexibility index (Phi) is 5.64. The van der Waals surface area contributed by atoms with Crippen LogP contribution in [0.2, 0.25) is 0 Å². The zero-order valence-corrected chi connectivity index (χ0v) is 16.2. The van der Waals surface area contributed by atoms with E-state index < -0.39 is 11.9 Å². The van der Waals surface area contributed by atoms with Crippen LogP contribution >= 0.6 is 0 Å². The fourth-order valence-electron chi connectivity index (χ4n) is 3.63. The Bertz CT molecular complexity index is 1090. The van der Waals surface area contributed by atoms with Crippen molar-refractivity contribution in [3.8, 4) is 5.75 Å². The lowest BCUT2D eigenvalue weighted by atomic mass is 10.0. The van der Waals surface area contributed by atoms with Gasteiger partial charge in [0.1, 0.15) is 5.75 Å². The molecule has 28 heavy (non-hydrogen) atoms. The number of rotatable bonds is 7. The molecular formula is C23H23NO4. The van der Waals surface area contributed by atoms with E-state index in [0.717, 1.165) is 22.0 Å². The number of hydrogen-bond acceptors (Lipinski definition) is 4. The van der Waals surface area contributed by atoms with Gasteiger partial charge in [-0.1, -0.05) is 36.4 Å². The predicted molar refractivity (Wildman–Crippen MR) is 111 cm³/mol. The number of nitrogens with zero attached hydrogens (tertiary/aromatic N) is 1. The third-order valence-corrected chi connectivity index (χ3v) is 4.67. The quantitative estimate of drug-likeness (QED) is 0.337. The summed E-state index contributed by atoms with van der Waals surface area (Å²) in [6.07, 6.45) is 4.96. The average molecular weight is 377 g/mol. The van der Waals surface area contributed by atoms with Gasteiger partial charge in [0.25, 0.3) is 0 Å². The van der Waals surface area contributed by atoms with Crippen LogP contribution in [0.1, 0.15) is 29.4 Å². The summed E-state index contributed by atoms with van der Waals surface area (Å²) in [5, 5.41) is 2.40. The Balaban J connectivity index is 2.50. The van der Waals surface area contributed by atoms with E-state index >= 15 is 0 Å². The highest BCUT2D eigenvalue weighted by Gasteiger charge is 2.25. The van der Waals surface area contributed by atoms with Gasteiger partial charge in [-0.05, 0) is 18.9 Å². The van der Waals surface area contributed by atoms with Crippen LogP contribution in [-0.4, -0.2) is 23.6 Å². The number of carbonyl (C=O) groups excluding carboxylic acids is 2. The summed E-state index contributed by atoms with van der Waals surface area (Å²) in [5.74, 6) is -0.413. The third-order valence-electron chi connectivity index (χ3n) is 4.67. The van der Waals surface area contributed by atoms with E-state index in [1.807, 2.05) is 30.3 Å². The standard InChI is InChI=1S/C23H23NO4/c1-5-7-12-19-21(23(26)27-4)18-14-20(28-15(3)25)16-10-8-9-11-17(16)22(18)24(19)13-6-2/h5-6,8-11,14H,1-2,7,12-13H2,3-4H3. The van der Waals surface area contributed by atoms with Gasteiger partial charge in [0.05, 0.1) is 18.2 Å². The normalized spacial score (nSPS) is 10.8. The lowest BCUT2D eigenvalue weighted by molar-refractivity contribution is -0.131. The molecular weight excluding hydrogens is 354 g/mol. The van der Waals surface area contributed by atoms with E-state index in [1.165, 1.54) is 14.0 Å². The van der Waals surface area contributed by atoms with Crippen molar-refractivity contribution in [2.45, 2.75) is 26.3 Å². The number of esters is 2. The van der Waals surface area contributed by atoms with E-state index in [1.54, 1.807) is 12.1 Å². The molecule has 5 nitrogen and oxygen atoms in total. The molecule has 0 unspecified atom stereocenters. The molecule has 0 aliphatic rings. The van der Waals surface area contributed by atoms with Crippen LogP contribution < -0.4 is 4.74 Å². The molecule has 3 rings (SSSR count). The smallest absolute Gasteiger partial charge is 0.340 e. The van der Waals surface area contributed by atoms with Crippen molar-refractivity contribution in [3.05, 3.63) is 66.9 Å². The van der Waals surface area contributed by atoms with Crippen LogP contribution in [0.3, 0.4) is 0 Å². The molecule has 5 heteroatoms. The van der Waals surface area contributed by atoms with Gasteiger partial charge < -0.3 is 14.0 Å². The van der Waals surface area contributed by atoms with Crippen LogP contribution in [0.15, 0.2) is 55.6 Å². The maximum absolute atomic E-state index is 12.7. The SMILES string of the molecule is C=CCCc1c(C(=O)OC)c2cc(OC(C)=O)c3ccccc3c2n1CC=C. The second kappa shape index (κ2) is 8.13. The maximum Gasteiger partial charge on any atom is 0.340 e. The van der Waals surface area contributed by atoms with Crippen molar-refractivity contribution in [1.82, 2.24) is 4.57 Å². The van der Waals surface area contributed by atoms with E-state index in [0.29, 0.717) is 36.1 Å². The molecule has 0 atom stereocenters. The Morgan fingerprint density at radius 2 is 1.82 bits per heavy atom. The Morgan fingerprint density at radius 1 is 1.11 bits per heavy atom. The molecule has 1 aromatic heterocycles. The molecule has 2 aromatic carbocycles. The van der Waals surface area contributed by atoms with Gasteiger partial charge in [0, 0.05) is 35.3 Å². The molecule has 0 saturated carbocycles. The van der Waals surface area contributed by atoms with Gasteiger partial charge in [0.15, 0.2) is 0 Å². The molecule has 1 heterocycles. The molecule has 0 spiro atoms. The van der Waals surface area contributed by atoms with Crippen LogP contribution in [0, 0.1) is 0 Å². The first kappa shape index (κ1) is 19.4. The topological polar surface area (TPSA) is 57.5 Å². The third kappa shape index (κ3) is 3.31. The molecule has 144 valence electrons. The molecule has 0 aliphatic heterocycles. The van der Waals surface area contributed by atoms with E-state index in [2.05, 4.69) is 17.7 Å². The highest BCUT2D eigenvalue weighted by atomic mass is 16.5. The van der Waals surface area contributed by atoms with Crippen LogP contribution in [0.25, 0.3) is 21.7 Å². The molecule has 0 saturated heterocycles. The minimum atomic E-state index is -0.420. The van der Waals surface area contributed by atoms with Crippen molar-refractivity contribution in [2.75, 3.05) is 7.11 Å². The first-order valence-corrected chi connectivity index (χ1v) is 9.08. The number of fused-ring (bicyclic) bond motifs is 3. The zero-order valence-electron chi connectivity index (χ0n) is 16.2. The first-order valence-electron chi connectivity index (χ1n) is 9.08. The molecule has 0 aliphatic carbocycles. The summed E-state index contributed by atoms with van der Waals surface area (Å²) in [7, 11) is 1.37. The van der Waals surface area contributed by atoms with E-state index in [-0.39, 0.29) is 0 Å². The van der Waals surface area contributed by atoms with Crippen LogP contribution in [-0.2, 0) is 22.5 Å². The van der Waals surface area contributed by atoms with Gasteiger partial charge in [-0.25, -0.2) is 4.79 Å². The van der Waals surface area contributed by atoms with Gasteiger partial charge >= 0.3 is 11.9 Å². The number of allylic oxidation sites excluding steroid dienone is 2. The van der Waals surface area contributed by atoms with Crippen molar-refractivity contribution < 1.29 is 19.1 Å². The largest absolute Gasteiger partial charge is 0.465 e. The average Bonchev–Trinajstić information content (AvgIpc) is 2.99. The lowest BCUT2D eigenvalue weighted by Gasteiger charge is -2.11. The molecule has 0 radical (unpaired) electrons. The number of aromatic nitrogens is 1. The van der Waals surface area contributed by atoms with Crippen LogP contribution in [0.5, 0.6) is 5.75 Å². The number of hydrogen-bond donors (Lipinski definition) is 0. The van der Waals surface area contributed by atoms with E-state index in [9.17, 15) is 9.59 Å². The van der Waals surface area contributed by atoms with E-state index in [4.69, 9.17) is 9.47 Å². The molecule has 0 amide bonds. The summed E-state index contributed by atoms with van der Waals surface area (Å²) in [4.78, 5) is 24.3. The summed E-state index contributed by atoms with van der Waals surface area (Å²) in [6.45, 7) is 9.56. The fourth-order valence-corrected chi connectivity index (χ4v) is 3.63. The van der Waals surface area contributed by atoms with Gasteiger partial charge in [-0.15, -0.1) is 13.2 Å². The van der Waals surface area contributed by atoms with Crippen molar-refractivity contribution >= 4 is 33.6 Å². The van der Waals surface area contributed by atoms with Gasteiger partial charge in [0.2, 0.25) is 0 Å². The zero-order chi connectivity index (χ0) is 20.3. The Hall–Kier alpha value is -3.34. The maximum atomic E-state index is 12.7. The first-order chi connectivity index (χ1) is 13.5. The van der Waals surface area contributed by atoms with Gasteiger partial charge in [-0.3, -0.25) is 4.79 Å². The summed E-state index contributed by atoms with van der Waals surface area (Å²) in [5.41, 5.74) is 2.23. The van der Waals surface area contributed by atoms with Crippen molar-refractivity contribution in [1.29, 1.82) is 0 Å². The fraction of sp³-hybridized carbons (Fsp3) is 0.217.